The summed E-state index contributed by atoms with van der Waals surface area (Å²) in [5.41, 5.74) is 22.6. The molecule has 0 bridgehead atoms. The third-order valence-corrected chi connectivity index (χ3v) is 18.1. The fourth-order valence-electron chi connectivity index (χ4n) is 13.6. The van der Waals surface area contributed by atoms with Gasteiger partial charge in [0.25, 0.3) is 0 Å². The second kappa shape index (κ2) is 14.8. The number of benzene rings is 10. The van der Waals surface area contributed by atoms with Crippen molar-refractivity contribution in [2.45, 2.75) is 63.2 Å². The maximum atomic E-state index is 7.08. The summed E-state index contributed by atoms with van der Waals surface area (Å²) in [6.45, 7) is 13.9. The summed E-state index contributed by atoms with van der Waals surface area (Å²) in [6, 6.07) is 80.9. The molecule has 11 aromatic rings. The molecule has 1 aromatic heterocycles. The van der Waals surface area contributed by atoms with Crippen molar-refractivity contribution in [1.29, 1.82) is 0 Å². The molecule has 350 valence electrons. The van der Waals surface area contributed by atoms with E-state index in [1.807, 2.05) is 11.3 Å². The van der Waals surface area contributed by atoms with E-state index in [-0.39, 0.29) is 10.8 Å². The van der Waals surface area contributed by atoms with E-state index in [9.17, 15) is 0 Å². The molecule has 0 atom stereocenters. The molecule has 0 unspecified atom stereocenters. The number of nitrogens with zero attached hydrogens (tertiary/aromatic N) is 1. The maximum Gasteiger partial charge on any atom is 0.132 e. The smallest absolute Gasteiger partial charge is 0.132 e. The van der Waals surface area contributed by atoms with Crippen molar-refractivity contribution in [3.05, 3.63) is 268 Å². The van der Waals surface area contributed by atoms with E-state index in [0.717, 1.165) is 22.9 Å². The highest BCUT2D eigenvalue weighted by Crippen LogP contribution is 2.67. The van der Waals surface area contributed by atoms with Gasteiger partial charge in [-0.2, -0.15) is 0 Å². The van der Waals surface area contributed by atoms with Crippen LogP contribution >= 0.6 is 11.3 Å². The molecule has 0 radical (unpaired) electrons. The molecule has 2 heterocycles. The van der Waals surface area contributed by atoms with Crippen LogP contribution in [0.4, 0.5) is 17.1 Å². The minimum Gasteiger partial charge on any atom is -0.457 e. The molecule has 2 spiro atoms. The third-order valence-electron chi connectivity index (χ3n) is 16.9. The molecule has 15 rings (SSSR count). The lowest BCUT2D eigenvalue weighted by Gasteiger charge is -2.41. The van der Waals surface area contributed by atoms with Gasteiger partial charge in [0, 0.05) is 37.9 Å². The topological polar surface area (TPSA) is 12.5 Å². The standard InChI is InChI=1S/C70H53NOS/c1-67(2,3)42-33-37-62-58(39-42)70(59-40-43(68(4,5)6)34-38-63(59)72-62)55-28-15-10-23-51(55)65-56(70)29-18-30-60(65)71(61-31-17-24-50-49-22-11-16-32-64(49)73-66(50)61)44-35-36-48-47-21-9-14-27-54(47)69(57(48)41-44)52-25-12-7-19-45(52)46-20-8-13-26-53(46)69/h7-41H,1-6H3. The monoisotopic (exact) mass is 955 g/mol. The minimum atomic E-state index is -0.677. The molecule has 0 amide bonds. The van der Waals surface area contributed by atoms with Gasteiger partial charge in [-0.15, -0.1) is 11.3 Å². The van der Waals surface area contributed by atoms with E-state index in [4.69, 9.17) is 4.74 Å². The van der Waals surface area contributed by atoms with Gasteiger partial charge in [-0.05, 0) is 138 Å². The molecule has 4 aliphatic rings. The second-order valence-corrected chi connectivity index (χ2v) is 23.8. The van der Waals surface area contributed by atoms with Crippen LogP contribution in [0.15, 0.2) is 212 Å². The van der Waals surface area contributed by atoms with E-state index in [0.29, 0.717) is 0 Å². The summed E-state index contributed by atoms with van der Waals surface area (Å²) in [5.74, 6) is 1.81. The van der Waals surface area contributed by atoms with Crippen molar-refractivity contribution in [3.8, 4) is 44.9 Å². The number of ether oxygens (including phenoxy) is 1. The van der Waals surface area contributed by atoms with E-state index >= 15 is 0 Å². The van der Waals surface area contributed by atoms with Gasteiger partial charge < -0.3 is 9.64 Å². The number of rotatable bonds is 3. The molecule has 0 N–H and O–H groups in total. The van der Waals surface area contributed by atoms with Crippen LogP contribution in [-0.2, 0) is 21.7 Å². The van der Waals surface area contributed by atoms with Crippen molar-refractivity contribution in [2.75, 3.05) is 4.90 Å². The number of hydrogen-bond acceptors (Lipinski definition) is 3. The molecular formula is C70H53NOS. The summed E-state index contributed by atoms with van der Waals surface area (Å²) < 4.78 is 9.63. The van der Waals surface area contributed by atoms with Gasteiger partial charge in [0.2, 0.25) is 0 Å². The molecule has 3 heteroatoms. The number of hydrogen-bond donors (Lipinski definition) is 0. The Morgan fingerprint density at radius 2 is 0.836 bits per heavy atom. The summed E-state index contributed by atoms with van der Waals surface area (Å²) in [6.07, 6.45) is 0. The van der Waals surface area contributed by atoms with Gasteiger partial charge in [0.1, 0.15) is 11.5 Å². The average Bonchev–Trinajstić information content (AvgIpc) is 4.14. The molecule has 10 aromatic carbocycles. The Bertz CT molecular complexity index is 4050. The Morgan fingerprint density at radius 1 is 0.370 bits per heavy atom. The Kier molecular flexibility index (Phi) is 8.66. The molecule has 0 saturated carbocycles. The van der Waals surface area contributed by atoms with Crippen LogP contribution in [0.1, 0.15) is 97.2 Å². The zero-order valence-electron chi connectivity index (χ0n) is 42.0. The van der Waals surface area contributed by atoms with Crippen LogP contribution in [0.25, 0.3) is 53.6 Å². The first kappa shape index (κ1) is 42.7. The van der Waals surface area contributed by atoms with Crippen LogP contribution in [-0.4, -0.2) is 0 Å². The van der Waals surface area contributed by atoms with E-state index in [1.165, 1.54) is 115 Å². The van der Waals surface area contributed by atoms with Gasteiger partial charge in [-0.3, -0.25) is 0 Å². The molecule has 3 aliphatic carbocycles. The first-order chi connectivity index (χ1) is 35.5. The van der Waals surface area contributed by atoms with Crippen LogP contribution in [0.3, 0.4) is 0 Å². The first-order valence-corrected chi connectivity index (χ1v) is 26.6. The van der Waals surface area contributed by atoms with Gasteiger partial charge in [0.05, 0.1) is 26.9 Å². The molecule has 2 nitrogen and oxygen atoms in total. The number of thiophene rings is 1. The fraction of sp³-hybridized carbons (Fsp3) is 0.143. The highest BCUT2D eigenvalue weighted by Gasteiger charge is 2.54. The van der Waals surface area contributed by atoms with Crippen molar-refractivity contribution in [3.63, 3.8) is 0 Å². The van der Waals surface area contributed by atoms with Crippen LogP contribution in [0.5, 0.6) is 11.5 Å². The SMILES string of the molecule is CC(C)(C)c1ccc2c(c1)C1(c3cc(C(C)(C)C)ccc3O2)c2ccccc2-c2c(N(c3ccc4c(c3)C3(c5ccccc5-c5ccccc53)c3ccccc3-4)c3cccc4c3sc3ccccc34)cccc21. The normalized spacial score (nSPS) is 14.8. The summed E-state index contributed by atoms with van der Waals surface area (Å²) in [7, 11) is 0. The number of fused-ring (bicyclic) bond motifs is 22. The van der Waals surface area contributed by atoms with Gasteiger partial charge in [-0.1, -0.05) is 199 Å². The highest BCUT2D eigenvalue weighted by atomic mass is 32.1. The lowest BCUT2D eigenvalue weighted by molar-refractivity contribution is 0.433. The van der Waals surface area contributed by atoms with E-state index in [2.05, 4.69) is 259 Å². The Balaban J connectivity index is 1.07. The van der Waals surface area contributed by atoms with Crippen LogP contribution < -0.4 is 9.64 Å². The summed E-state index contributed by atoms with van der Waals surface area (Å²) >= 11 is 1.89. The molecular weight excluding hydrogens is 903 g/mol. The van der Waals surface area contributed by atoms with Crippen molar-refractivity contribution >= 4 is 48.6 Å². The zero-order chi connectivity index (χ0) is 49.2. The van der Waals surface area contributed by atoms with E-state index < -0.39 is 10.8 Å². The van der Waals surface area contributed by atoms with Crippen molar-refractivity contribution in [2.24, 2.45) is 0 Å². The molecule has 73 heavy (non-hydrogen) atoms. The predicted molar refractivity (Wildman–Crippen MR) is 305 cm³/mol. The highest BCUT2D eigenvalue weighted by molar-refractivity contribution is 7.26. The molecule has 1 aliphatic heterocycles. The van der Waals surface area contributed by atoms with Crippen molar-refractivity contribution in [1.82, 2.24) is 0 Å². The fourth-order valence-corrected chi connectivity index (χ4v) is 14.8. The van der Waals surface area contributed by atoms with Crippen LogP contribution in [0, 0.1) is 0 Å². The lowest BCUT2D eigenvalue weighted by Crippen LogP contribution is -2.33. The summed E-state index contributed by atoms with van der Waals surface area (Å²) in [5, 5.41) is 2.56. The average molecular weight is 956 g/mol. The second-order valence-electron chi connectivity index (χ2n) is 22.7. The maximum absolute atomic E-state index is 7.08. The molecule has 0 fully saturated rings. The van der Waals surface area contributed by atoms with E-state index in [1.54, 1.807) is 0 Å². The van der Waals surface area contributed by atoms with Gasteiger partial charge in [0.15, 0.2) is 0 Å². The zero-order valence-corrected chi connectivity index (χ0v) is 42.8. The van der Waals surface area contributed by atoms with Gasteiger partial charge >= 0.3 is 0 Å². The predicted octanol–water partition coefficient (Wildman–Crippen LogP) is 18.9. The molecule has 0 saturated heterocycles. The van der Waals surface area contributed by atoms with Crippen LogP contribution in [0.2, 0.25) is 0 Å². The largest absolute Gasteiger partial charge is 0.457 e. The Morgan fingerprint density at radius 3 is 1.44 bits per heavy atom. The lowest BCUT2D eigenvalue weighted by atomic mass is 9.64. The summed E-state index contributed by atoms with van der Waals surface area (Å²) in [4.78, 5) is 2.62. The Labute approximate surface area is 431 Å². The minimum absolute atomic E-state index is 0.0861. The third kappa shape index (κ3) is 5.58. The quantitative estimate of drug-likeness (QED) is 0.175. The Hall–Kier alpha value is -7.98. The van der Waals surface area contributed by atoms with Crippen molar-refractivity contribution < 1.29 is 4.74 Å². The number of anilines is 3. The first-order valence-electron chi connectivity index (χ1n) is 25.8. The van der Waals surface area contributed by atoms with Gasteiger partial charge in [-0.25, -0.2) is 0 Å².